The van der Waals surface area contributed by atoms with E-state index in [1.54, 1.807) is 17.5 Å². The van der Waals surface area contributed by atoms with Gasteiger partial charge >= 0.3 is 5.97 Å². The quantitative estimate of drug-likeness (QED) is 0.672. The predicted molar refractivity (Wildman–Crippen MR) is 74.4 cm³/mol. The molecule has 3 heterocycles. The van der Waals surface area contributed by atoms with E-state index in [0.29, 0.717) is 12.2 Å². The highest BCUT2D eigenvalue weighted by Crippen LogP contribution is 2.35. The van der Waals surface area contributed by atoms with Crippen molar-refractivity contribution in [2.45, 2.75) is 6.61 Å². The van der Waals surface area contributed by atoms with Crippen molar-refractivity contribution >= 4 is 17.3 Å². The van der Waals surface area contributed by atoms with Crippen molar-refractivity contribution < 1.29 is 13.9 Å². The molecule has 0 aliphatic carbocycles. The number of aromatic nitrogens is 1. The van der Waals surface area contributed by atoms with Crippen LogP contribution in [0.4, 0.5) is 0 Å². The largest absolute Gasteiger partial charge is 0.457 e. The zero-order chi connectivity index (χ0) is 13.5. The maximum atomic E-state index is 11.4. The van der Waals surface area contributed by atoms with Gasteiger partial charge in [0.15, 0.2) is 12.2 Å². The van der Waals surface area contributed by atoms with Crippen molar-refractivity contribution in [1.82, 2.24) is 4.98 Å². The van der Waals surface area contributed by atoms with E-state index < -0.39 is 0 Å². The van der Waals surface area contributed by atoms with Gasteiger partial charge < -0.3 is 9.15 Å². The van der Waals surface area contributed by atoms with Gasteiger partial charge in [0.2, 0.25) is 0 Å². The van der Waals surface area contributed by atoms with E-state index in [0.717, 1.165) is 26.6 Å². The Bertz CT molecular complexity index is 789. The molecule has 0 saturated heterocycles. The summed E-state index contributed by atoms with van der Waals surface area (Å²) in [5, 5.41) is 0. The molecule has 1 aromatic carbocycles. The standard InChI is InChI=1S/C15H9NO3S/c17-15-11-2-1-9(5-10(11)7-18-15)13-3-4-14(20-13)12-6-16-8-19-12/h1-6,8H,7H2. The van der Waals surface area contributed by atoms with Gasteiger partial charge in [-0.1, -0.05) is 6.07 Å². The van der Waals surface area contributed by atoms with Crippen LogP contribution < -0.4 is 0 Å². The summed E-state index contributed by atoms with van der Waals surface area (Å²) in [7, 11) is 0. The van der Waals surface area contributed by atoms with E-state index in [-0.39, 0.29) is 5.97 Å². The minimum absolute atomic E-state index is 0.236. The number of nitrogens with zero attached hydrogens (tertiary/aromatic N) is 1. The van der Waals surface area contributed by atoms with E-state index in [1.807, 2.05) is 30.3 Å². The number of fused-ring (bicyclic) bond motifs is 1. The summed E-state index contributed by atoms with van der Waals surface area (Å²) < 4.78 is 10.3. The van der Waals surface area contributed by atoms with Gasteiger partial charge in [0, 0.05) is 10.4 Å². The Kier molecular flexibility index (Phi) is 2.47. The molecule has 4 rings (SSSR count). The lowest BCUT2D eigenvalue weighted by Gasteiger charge is -1.99. The Morgan fingerprint density at radius 2 is 2.05 bits per heavy atom. The van der Waals surface area contributed by atoms with Crippen molar-refractivity contribution in [3.8, 4) is 21.1 Å². The normalized spacial score (nSPS) is 13.3. The molecular formula is C15H9NO3S. The first-order valence-electron chi connectivity index (χ1n) is 6.10. The van der Waals surface area contributed by atoms with Gasteiger partial charge in [-0.05, 0) is 29.8 Å². The van der Waals surface area contributed by atoms with Crippen LogP contribution in [-0.4, -0.2) is 11.0 Å². The molecule has 4 nitrogen and oxygen atoms in total. The van der Waals surface area contributed by atoms with Crippen molar-refractivity contribution in [3.05, 3.63) is 54.0 Å². The number of thiophene rings is 1. The summed E-state index contributed by atoms with van der Waals surface area (Å²) in [5.74, 6) is 0.529. The molecule has 0 saturated carbocycles. The molecule has 2 aromatic heterocycles. The Morgan fingerprint density at radius 1 is 1.15 bits per heavy atom. The molecule has 0 atom stereocenters. The SMILES string of the molecule is O=C1OCc2cc(-c3ccc(-c4cnco4)s3)ccc21. The molecule has 0 amide bonds. The fourth-order valence-electron chi connectivity index (χ4n) is 2.25. The molecule has 5 heteroatoms. The number of carbonyl (C=O) groups is 1. The first-order valence-corrected chi connectivity index (χ1v) is 6.92. The monoisotopic (exact) mass is 283 g/mol. The van der Waals surface area contributed by atoms with E-state index >= 15 is 0 Å². The van der Waals surface area contributed by atoms with Crippen LogP contribution in [0.2, 0.25) is 0 Å². The Balaban J connectivity index is 1.73. The summed E-state index contributed by atoms with van der Waals surface area (Å²) in [6.45, 7) is 0.363. The maximum Gasteiger partial charge on any atom is 0.338 e. The fourth-order valence-corrected chi connectivity index (χ4v) is 3.20. The molecule has 98 valence electrons. The third-order valence-electron chi connectivity index (χ3n) is 3.25. The van der Waals surface area contributed by atoms with Crippen LogP contribution in [-0.2, 0) is 11.3 Å². The summed E-state index contributed by atoms with van der Waals surface area (Å²) in [5.41, 5.74) is 2.70. The third-order valence-corrected chi connectivity index (χ3v) is 4.40. The van der Waals surface area contributed by atoms with Crippen molar-refractivity contribution in [1.29, 1.82) is 0 Å². The zero-order valence-electron chi connectivity index (χ0n) is 10.3. The molecule has 0 fully saturated rings. The first kappa shape index (κ1) is 11.4. The van der Waals surface area contributed by atoms with Gasteiger partial charge in [-0.2, -0.15) is 0 Å². The fraction of sp³-hybridized carbons (Fsp3) is 0.0667. The zero-order valence-corrected chi connectivity index (χ0v) is 11.1. The van der Waals surface area contributed by atoms with Crippen molar-refractivity contribution in [2.75, 3.05) is 0 Å². The minimum atomic E-state index is -0.236. The van der Waals surface area contributed by atoms with Gasteiger partial charge in [-0.25, -0.2) is 9.78 Å². The lowest BCUT2D eigenvalue weighted by molar-refractivity contribution is 0.0535. The summed E-state index contributed by atoms with van der Waals surface area (Å²) in [6, 6.07) is 9.84. The van der Waals surface area contributed by atoms with Crippen LogP contribution in [0.3, 0.4) is 0 Å². The van der Waals surface area contributed by atoms with E-state index in [1.165, 1.54) is 6.39 Å². The van der Waals surface area contributed by atoms with E-state index in [4.69, 9.17) is 9.15 Å². The van der Waals surface area contributed by atoms with Crippen LogP contribution in [0.1, 0.15) is 15.9 Å². The summed E-state index contributed by atoms with van der Waals surface area (Å²) >= 11 is 1.63. The van der Waals surface area contributed by atoms with Crippen LogP contribution in [0.25, 0.3) is 21.1 Å². The molecule has 3 aromatic rings. The highest BCUT2D eigenvalue weighted by Gasteiger charge is 2.21. The number of ether oxygens (including phenoxy) is 1. The molecule has 0 radical (unpaired) electrons. The van der Waals surface area contributed by atoms with Crippen molar-refractivity contribution in [2.24, 2.45) is 0 Å². The summed E-state index contributed by atoms with van der Waals surface area (Å²) in [4.78, 5) is 17.5. The Labute approximate surface area is 118 Å². The second-order valence-electron chi connectivity index (χ2n) is 4.48. The molecule has 0 unspecified atom stereocenters. The van der Waals surface area contributed by atoms with Crippen LogP contribution in [0.15, 0.2) is 47.3 Å². The third kappa shape index (κ3) is 1.75. The number of hydrogen-bond acceptors (Lipinski definition) is 5. The predicted octanol–water partition coefficient (Wildman–Crippen LogP) is 3.74. The maximum absolute atomic E-state index is 11.4. The number of oxazole rings is 1. The molecule has 1 aliphatic rings. The number of carbonyl (C=O) groups excluding carboxylic acids is 1. The Morgan fingerprint density at radius 3 is 2.90 bits per heavy atom. The number of cyclic esters (lactones) is 1. The van der Waals surface area contributed by atoms with Crippen LogP contribution >= 0.6 is 11.3 Å². The van der Waals surface area contributed by atoms with Gasteiger partial charge in [0.05, 0.1) is 16.6 Å². The first-order chi connectivity index (χ1) is 9.81. The summed E-state index contributed by atoms with van der Waals surface area (Å²) in [6.07, 6.45) is 3.12. The van der Waals surface area contributed by atoms with Crippen LogP contribution in [0, 0.1) is 0 Å². The average Bonchev–Trinajstić information content (AvgIpc) is 3.18. The van der Waals surface area contributed by atoms with Gasteiger partial charge in [-0.3, -0.25) is 0 Å². The number of rotatable bonds is 2. The Hall–Kier alpha value is -2.40. The number of hydrogen-bond donors (Lipinski definition) is 0. The van der Waals surface area contributed by atoms with Crippen LogP contribution in [0.5, 0.6) is 0 Å². The van der Waals surface area contributed by atoms with Gasteiger partial charge in [-0.15, -0.1) is 11.3 Å². The van der Waals surface area contributed by atoms with Gasteiger partial charge in [0.1, 0.15) is 6.61 Å². The number of esters is 1. The highest BCUT2D eigenvalue weighted by atomic mass is 32.1. The van der Waals surface area contributed by atoms with Gasteiger partial charge in [0.25, 0.3) is 0 Å². The molecule has 0 spiro atoms. The molecule has 0 bridgehead atoms. The van der Waals surface area contributed by atoms with E-state index in [2.05, 4.69) is 4.98 Å². The molecule has 20 heavy (non-hydrogen) atoms. The molecule has 1 aliphatic heterocycles. The lowest BCUT2D eigenvalue weighted by atomic mass is 10.1. The smallest absolute Gasteiger partial charge is 0.338 e. The molecular weight excluding hydrogens is 274 g/mol. The van der Waals surface area contributed by atoms with E-state index in [9.17, 15) is 4.79 Å². The second-order valence-corrected chi connectivity index (χ2v) is 5.56. The average molecular weight is 283 g/mol. The minimum Gasteiger partial charge on any atom is -0.457 e. The van der Waals surface area contributed by atoms with Crippen molar-refractivity contribution in [3.63, 3.8) is 0 Å². The topological polar surface area (TPSA) is 52.3 Å². The highest BCUT2D eigenvalue weighted by molar-refractivity contribution is 7.18. The second kappa shape index (κ2) is 4.31. The number of benzene rings is 1. The lowest BCUT2D eigenvalue weighted by Crippen LogP contribution is -1.92. The molecule has 0 N–H and O–H groups in total.